The smallest absolute Gasteiger partial charge is 0.196 e. The second kappa shape index (κ2) is 4.02. The maximum Gasteiger partial charge on any atom is 0.196 e. The van der Waals surface area contributed by atoms with Crippen LogP contribution in [0.5, 0.6) is 0 Å². The highest BCUT2D eigenvalue weighted by atomic mass is 32.1. The number of rotatable bonds is 0. The third kappa shape index (κ3) is 1.39. The zero-order valence-corrected chi connectivity index (χ0v) is 12.4. The van der Waals surface area contributed by atoms with Crippen LogP contribution in [0.2, 0.25) is 0 Å². The molecule has 1 N–H and O–H groups in total. The Morgan fingerprint density at radius 2 is 1.64 bits per heavy atom. The van der Waals surface area contributed by atoms with Gasteiger partial charge in [0.2, 0.25) is 0 Å². The van der Waals surface area contributed by atoms with Crippen LogP contribution in [-0.4, -0.2) is 10.8 Å². The van der Waals surface area contributed by atoms with Gasteiger partial charge >= 0.3 is 0 Å². The summed E-state index contributed by atoms with van der Waals surface area (Å²) in [6, 6.07) is 18.0. The van der Waals surface area contributed by atoms with E-state index in [0.717, 1.165) is 49.0 Å². The SMILES string of the molecule is O=C1c2ccccc2-c2ccc3c([nH]c4ccc(S)cc43)c21. The van der Waals surface area contributed by atoms with Gasteiger partial charge in [0.05, 0.1) is 11.1 Å². The van der Waals surface area contributed by atoms with Gasteiger partial charge in [0, 0.05) is 26.7 Å². The lowest BCUT2D eigenvalue weighted by Crippen LogP contribution is -1.95. The molecule has 0 saturated heterocycles. The lowest BCUT2D eigenvalue weighted by Gasteiger charge is -2.00. The van der Waals surface area contributed by atoms with E-state index in [1.807, 2.05) is 42.5 Å². The van der Waals surface area contributed by atoms with Crippen LogP contribution < -0.4 is 0 Å². The fraction of sp³-hybridized carbons (Fsp3) is 0. The number of ketones is 1. The number of H-pyrrole nitrogens is 1. The van der Waals surface area contributed by atoms with Crippen LogP contribution in [0.3, 0.4) is 0 Å². The Balaban J connectivity index is 1.96. The summed E-state index contributed by atoms with van der Waals surface area (Å²) in [6.07, 6.45) is 0. The Bertz CT molecular complexity index is 1110. The molecule has 1 aliphatic carbocycles. The van der Waals surface area contributed by atoms with E-state index in [1.54, 1.807) is 0 Å². The first-order valence-corrected chi connectivity index (χ1v) is 7.60. The van der Waals surface area contributed by atoms with Crippen LogP contribution in [-0.2, 0) is 0 Å². The van der Waals surface area contributed by atoms with Crippen molar-refractivity contribution in [3.8, 4) is 11.1 Å². The van der Waals surface area contributed by atoms with Gasteiger partial charge in [-0.05, 0) is 29.3 Å². The number of thiol groups is 1. The van der Waals surface area contributed by atoms with Crippen LogP contribution in [0.4, 0.5) is 0 Å². The zero-order valence-electron chi connectivity index (χ0n) is 11.6. The monoisotopic (exact) mass is 301 g/mol. The zero-order chi connectivity index (χ0) is 14.8. The van der Waals surface area contributed by atoms with E-state index in [1.165, 1.54) is 0 Å². The van der Waals surface area contributed by atoms with Crippen LogP contribution in [0.15, 0.2) is 59.5 Å². The molecule has 0 fully saturated rings. The Morgan fingerprint density at radius 3 is 2.50 bits per heavy atom. The number of aromatic amines is 1. The summed E-state index contributed by atoms with van der Waals surface area (Å²) < 4.78 is 0. The molecule has 0 aliphatic heterocycles. The van der Waals surface area contributed by atoms with Crippen molar-refractivity contribution in [2.24, 2.45) is 0 Å². The van der Waals surface area contributed by atoms with Crippen LogP contribution in [0.1, 0.15) is 15.9 Å². The average molecular weight is 301 g/mol. The van der Waals surface area contributed by atoms with E-state index >= 15 is 0 Å². The molecule has 22 heavy (non-hydrogen) atoms. The van der Waals surface area contributed by atoms with Crippen molar-refractivity contribution >= 4 is 40.2 Å². The largest absolute Gasteiger partial charge is 0.354 e. The minimum atomic E-state index is 0.105. The molecule has 4 aromatic rings. The van der Waals surface area contributed by atoms with Gasteiger partial charge in [0.1, 0.15) is 0 Å². The van der Waals surface area contributed by atoms with Gasteiger partial charge in [-0.2, -0.15) is 0 Å². The minimum absolute atomic E-state index is 0.105. The summed E-state index contributed by atoms with van der Waals surface area (Å²) in [4.78, 5) is 17.1. The fourth-order valence-electron chi connectivity index (χ4n) is 3.47. The normalized spacial score (nSPS) is 12.9. The molecule has 1 aliphatic rings. The van der Waals surface area contributed by atoms with Gasteiger partial charge < -0.3 is 4.98 Å². The second-order valence-electron chi connectivity index (χ2n) is 5.64. The summed E-state index contributed by atoms with van der Waals surface area (Å²) in [7, 11) is 0. The quantitative estimate of drug-likeness (QED) is 0.395. The minimum Gasteiger partial charge on any atom is -0.354 e. The number of aromatic nitrogens is 1. The van der Waals surface area contributed by atoms with Crippen molar-refractivity contribution in [3.05, 3.63) is 65.7 Å². The molecule has 0 bridgehead atoms. The van der Waals surface area contributed by atoms with Crippen molar-refractivity contribution in [1.82, 2.24) is 4.98 Å². The third-order valence-corrected chi connectivity index (χ3v) is 4.73. The van der Waals surface area contributed by atoms with Crippen molar-refractivity contribution in [2.45, 2.75) is 4.90 Å². The standard InChI is InChI=1S/C19H11NOS/c21-19-14-4-2-1-3-11(14)12-6-7-13-15-9-10(22)5-8-16(15)20-18(13)17(12)19/h1-9,20,22H. The number of hydrogen-bond acceptors (Lipinski definition) is 2. The average Bonchev–Trinajstić information content (AvgIpc) is 3.04. The molecular formula is C19H11NOS. The van der Waals surface area contributed by atoms with E-state index in [2.05, 4.69) is 29.7 Å². The first-order valence-electron chi connectivity index (χ1n) is 7.15. The van der Waals surface area contributed by atoms with Crippen molar-refractivity contribution < 1.29 is 4.79 Å². The Labute approximate surface area is 132 Å². The molecule has 3 heteroatoms. The summed E-state index contributed by atoms with van der Waals surface area (Å²) in [6.45, 7) is 0. The molecule has 0 radical (unpaired) electrons. The predicted molar refractivity (Wildman–Crippen MR) is 91.9 cm³/mol. The van der Waals surface area contributed by atoms with Gasteiger partial charge in [-0.3, -0.25) is 4.79 Å². The molecule has 104 valence electrons. The number of benzene rings is 3. The summed E-state index contributed by atoms with van der Waals surface area (Å²) in [5, 5.41) is 2.18. The summed E-state index contributed by atoms with van der Waals surface area (Å²) in [5.74, 6) is 0.105. The van der Waals surface area contributed by atoms with Crippen molar-refractivity contribution in [3.63, 3.8) is 0 Å². The molecule has 0 spiro atoms. The second-order valence-corrected chi connectivity index (χ2v) is 6.16. The molecular weight excluding hydrogens is 290 g/mol. The molecule has 0 saturated carbocycles. The fourth-order valence-corrected chi connectivity index (χ4v) is 3.67. The summed E-state index contributed by atoms with van der Waals surface area (Å²) in [5.41, 5.74) is 5.58. The highest BCUT2D eigenvalue weighted by Gasteiger charge is 2.29. The van der Waals surface area contributed by atoms with E-state index in [-0.39, 0.29) is 5.78 Å². The Kier molecular flexibility index (Phi) is 2.20. The maximum atomic E-state index is 12.8. The van der Waals surface area contributed by atoms with Gasteiger partial charge in [-0.1, -0.05) is 36.4 Å². The van der Waals surface area contributed by atoms with Gasteiger partial charge in [-0.25, -0.2) is 0 Å². The van der Waals surface area contributed by atoms with Crippen LogP contribution in [0.25, 0.3) is 32.9 Å². The van der Waals surface area contributed by atoms with Gasteiger partial charge in [0.25, 0.3) is 0 Å². The molecule has 0 amide bonds. The first-order chi connectivity index (χ1) is 10.7. The van der Waals surface area contributed by atoms with E-state index < -0.39 is 0 Å². The van der Waals surface area contributed by atoms with Gasteiger partial charge in [0.15, 0.2) is 5.78 Å². The molecule has 2 nitrogen and oxygen atoms in total. The highest BCUT2D eigenvalue weighted by molar-refractivity contribution is 7.80. The molecule has 5 rings (SSSR count). The molecule has 0 unspecified atom stereocenters. The number of hydrogen-bond donors (Lipinski definition) is 2. The lowest BCUT2D eigenvalue weighted by atomic mass is 10.0. The van der Waals surface area contributed by atoms with Crippen molar-refractivity contribution in [2.75, 3.05) is 0 Å². The maximum absolute atomic E-state index is 12.8. The Morgan fingerprint density at radius 1 is 0.818 bits per heavy atom. The third-order valence-electron chi connectivity index (χ3n) is 4.45. The predicted octanol–water partition coefficient (Wildman–Crippen LogP) is 4.82. The van der Waals surface area contributed by atoms with Crippen molar-refractivity contribution in [1.29, 1.82) is 0 Å². The number of fused-ring (bicyclic) bond motifs is 7. The number of carbonyl (C=O) groups excluding carboxylic acids is 1. The number of nitrogens with one attached hydrogen (secondary N) is 1. The lowest BCUT2D eigenvalue weighted by molar-refractivity contribution is 0.104. The molecule has 0 atom stereocenters. The van der Waals surface area contributed by atoms with E-state index in [0.29, 0.717) is 0 Å². The molecule has 1 aromatic heterocycles. The molecule has 1 heterocycles. The van der Waals surface area contributed by atoms with E-state index in [4.69, 9.17) is 0 Å². The Hall–Kier alpha value is -2.52. The topological polar surface area (TPSA) is 32.9 Å². The first kappa shape index (κ1) is 12.1. The highest BCUT2D eigenvalue weighted by Crippen LogP contribution is 2.41. The number of carbonyl (C=O) groups is 1. The van der Waals surface area contributed by atoms with Crippen LogP contribution in [0, 0.1) is 0 Å². The summed E-state index contributed by atoms with van der Waals surface area (Å²) >= 11 is 4.42. The van der Waals surface area contributed by atoms with Crippen LogP contribution >= 0.6 is 12.6 Å². The van der Waals surface area contributed by atoms with E-state index in [9.17, 15) is 4.79 Å². The molecule has 3 aromatic carbocycles. The van der Waals surface area contributed by atoms with Gasteiger partial charge in [-0.15, -0.1) is 12.6 Å².